The van der Waals surface area contributed by atoms with Crippen molar-refractivity contribution >= 4 is 52.2 Å². The maximum atomic E-state index is 12.4. The molecular weight excluding hydrogens is 476 g/mol. The molecule has 0 saturated carbocycles. The molecule has 36 heavy (non-hydrogen) atoms. The van der Waals surface area contributed by atoms with Crippen LogP contribution in [0.25, 0.3) is 17.2 Å². The summed E-state index contributed by atoms with van der Waals surface area (Å²) >= 11 is 1.16. The van der Waals surface area contributed by atoms with Gasteiger partial charge in [0.1, 0.15) is 0 Å². The van der Waals surface area contributed by atoms with Gasteiger partial charge in [-0.05, 0) is 59.7 Å². The molecule has 2 aliphatic heterocycles. The van der Waals surface area contributed by atoms with Crippen LogP contribution in [-0.4, -0.2) is 35.3 Å². The second-order valence-corrected chi connectivity index (χ2v) is 8.87. The zero-order valence-electron chi connectivity index (χ0n) is 19.1. The number of hydrogen-bond donors (Lipinski definition) is 2. The number of esters is 1. The minimum Gasteiger partial charge on any atom is -0.462 e. The lowest BCUT2D eigenvalue weighted by molar-refractivity contribution is -0.115. The second kappa shape index (κ2) is 10.0. The van der Waals surface area contributed by atoms with Gasteiger partial charge in [0.05, 0.1) is 22.8 Å². The molecule has 1 saturated heterocycles. The number of carbonyl (C=O) groups excluding carboxylic acids is 3. The lowest BCUT2D eigenvalue weighted by Gasteiger charge is -2.05. The summed E-state index contributed by atoms with van der Waals surface area (Å²) in [5.41, 5.74) is 4.85. The summed E-state index contributed by atoms with van der Waals surface area (Å²) in [6.45, 7) is 2.11. The second-order valence-electron chi connectivity index (χ2n) is 7.84. The monoisotopic (exact) mass is 496 g/mol. The van der Waals surface area contributed by atoms with Crippen LogP contribution in [0.1, 0.15) is 28.4 Å². The minimum atomic E-state index is -0.344. The van der Waals surface area contributed by atoms with E-state index < -0.39 is 0 Å². The predicted molar refractivity (Wildman–Crippen MR) is 141 cm³/mol. The summed E-state index contributed by atoms with van der Waals surface area (Å²) in [5, 5.41) is 13.9. The van der Waals surface area contributed by atoms with Gasteiger partial charge in [-0.1, -0.05) is 54.6 Å². The van der Waals surface area contributed by atoms with Crippen LogP contribution in [0, 0.1) is 0 Å². The molecule has 0 aromatic heterocycles. The first kappa shape index (κ1) is 23.3. The molecule has 3 aromatic carbocycles. The fourth-order valence-corrected chi connectivity index (χ4v) is 4.48. The molecule has 1 fully saturated rings. The minimum absolute atomic E-state index is 0.205. The quantitative estimate of drug-likeness (QED) is 0.308. The Morgan fingerprint density at radius 1 is 0.889 bits per heavy atom. The SMILES string of the molecule is CCOC(=O)c1ccc(-c2ccc(/C=C3\S/C(=N\N=C4/C(=O)Nc5ccccc54)NC3=O)cc2)cc1. The number of hydrogen-bond acceptors (Lipinski definition) is 7. The first-order chi connectivity index (χ1) is 17.5. The molecule has 0 aliphatic carbocycles. The molecular formula is C27H20N4O4S. The third-order valence-corrected chi connectivity index (χ3v) is 6.38. The van der Waals surface area contributed by atoms with Crippen molar-refractivity contribution < 1.29 is 19.1 Å². The van der Waals surface area contributed by atoms with Gasteiger partial charge in [-0.25, -0.2) is 4.79 Å². The van der Waals surface area contributed by atoms with Crippen molar-refractivity contribution in [1.29, 1.82) is 0 Å². The number of nitrogens with zero attached hydrogens (tertiary/aromatic N) is 2. The zero-order chi connectivity index (χ0) is 25.1. The highest BCUT2D eigenvalue weighted by Gasteiger charge is 2.27. The Kier molecular flexibility index (Phi) is 6.46. The van der Waals surface area contributed by atoms with Crippen LogP contribution in [-0.2, 0) is 14.3 Å². The zero-order valence-corrected chi connectivity index (χ0v) is 20.0. The van der Waals surface area contributed by atoms with Crippen LogP contribution in [0.4, 0.5) is 5.69 Å². The lowest BCUT2D eigenvalue weighted by Crippen LogP contribution is -2.20. The van der Waals surface area contributed by atoms with E-state index in [9.17, 15) is 14.4 Å². The Hall–Kier alpha value is -4.50. The summed E-state index contributed by atoms with van der Waals surface area (Å²) in [6.07, 6.45) is 1.76. The smallest absolute Gasteiger partial charge is 0.338 e. The maximum absolute atomic E-state index is 12.4. The highest BCUT2D eigenvalue weighted by atomic mass is 32.2. The molecule has 2 amide bonds. The number of ether oxygens (including phenoxy) is 1. The van der Waals surface area contributed by atoms with Crippen LogP contribution in [0.3, 0.4) is 0 Å². The number of benzene rings is 3. The van der Waals surface area contributed by atoms with E-state index >= 15 is 0 Å². The molecule has 9 heteroatoms. The number of rotatable bonds is 5. The lowest BCUT2D eigenvalue weighted by atomic mass is 10.0. The third kappa shape index (κ3) is 4.82. The summed E-state index contributed by atoms with van der Waals surface area (Å²) in [7, 11) is 0. The highest BCUT2D eigenvalue weighted by Crippen LogP contribution is 2.28. The van der Waals surface area contributed by atoms with E-state index in [1.807, 2.05) is 48.5 Å². The van der Waals surface area contributed by atoms with Gasteiger partial charge in [-0.3, -0.25) is 14.9 Å². The Morgan fingerprint density at radius 3 is 2.31 bits per heavy atom. The standard InChI is InChI=1S/C27H20N4O4S/c1-2-35-26(34)19-13-11-18(12-14-19)17-9-7-16(8-10-17)15-22-24(32)29-27(36-22)31-30-23-20-5-3-4-6-21(20)28-25(23)33/h3-15H,2H2,1H3,(H,28,30,33)(H,29,31,32)/b22-15-. The summed E-state index contributed by atoms with van der Waals surface area (Å²) < 4.78 is 5.02. The summed E-state index contributed by atoms with van der Waals surface area (Å²) in [4.78, 5) is 36.9. The number of amidine groups is 1. The van der Waals surface area contributed by atoms with Gasteiger partial charge in [0.2, 0.25) is 0 Å². The van der Waals surface area contributed by atoms with Crippen LogP contribution in [0.15, 0.2) is 87.9 Å². The van der Waals surface area contributed by atoms with Gasteiger partial charge in [0.15, 0.2) is 10.9 Å². The summed E-state index contributed by atoms with van der Waals surface area (Å²) in [5.74, 6) is -0.959. The normalized spacial score (nSPS) is 17.9. The Labute approximate surface area is 211 Å². The van der Waals surface area contributed by atoms with Crippen LogP contribution < -0.4 is 10.6 Å². The molecule has 2 N–H and O–H groups in total. The van der Waals surface area contributed by atoms with Gasteiger partial charge in [-0.15, -0.1) is 10.2 Å². The van der Waals surface area contributed by atoms with Gasteiger partial charge in [0.25, 0.3) is 11.8 Å². The number of amides is 2. The van der Waals surface area contributed by atoms with E-state index in [-0.39, 0.29) is 23.5 Å². The van der Waals surface area contributed by atoms with Crippen molar-refractivity contribution in [2.45, 2.75) is 6.92 Å². The van der Waals surface area contributed by atoms with E-state index in [1.54, 1.807) is 37.3 Å². The molecule has 0 atom stereocenters. The molecule has 2 aliphatic rings. The van der Waals surface area contributed by atoms with Crippen molar-refractivity contribution in [1.82, 2.24) is 5.32 Å². The van der Waals surface area contributed by atoms with Crippen molar-refractivity contribution in [2.75, 3.05) is 11.9 Å². The predicted octanol–water partition coefficient (Wildman–Crippen LogP) is 4.45. The molecule has 8 nitrogen and oxygen atoms in total. The van der Waals surface area contributed by atoms with Gasteiger partial charge in [-0.2, -0.15) is 0 Å². The van der Waals surface area contributed by atoms with E-state index in [0.29, 0.717) is 33.5 Å². The Morgan fingerprint density at radius 2 is 1.58 bits per heavy atom. The molecule has 178 valence electrons. The fourth-order valence-electron chi connectivity index (χ4n) is 3.71. The molecule has 0 bridgehead atoms. The van der Waals surface area contributed by atoms with E-state index in [0.717, 1.165) is 28.5 Å². The molecule has 0 unspecified atom stereocenters. The van der Waals surface area contributed by atoms with E-state index in [2.05, 4.69) is 20.8 Å². The first-order valence-corrected chi connectivity index (χ1v) is 12.0. The van der Waals surface area contributed by atoms with Crippen LogP contribution in [0.2, 0.25) is 0 Å². The first-order valence-electron chi connectivity index (χ1n) is 11.2. The Balaban J connectivity index is 1.29. The van der Waals surface area contributed by atoms with E-state index in [1.165, 1.54) is 0 Å². The largest absolute Gasteiger partial charge is 0.462 e. The average Bonchev–Trinajstić information content (AvgIpc) is 3.41. The number of thioether (sulfide) groups is 1. The van der Waals surface area contributed by atoms with Crippen LogP contribution >= 0.6 is 11.8 Å². The van der Waals surface area contributed by atoms with Gasteiger partial charge in [0, 0.05) is 5.56 Å². The molecule has 0 radical (unpaired) electrons. The van der Waals surface area contributed by atoms with Crippen molar-refractivity contribution in [3.63, 3.8) is 0 Å². The Bertz CT molecular complexity index is 1460. The number of carbonyl (C=O) groups is 3. The third-order valence-electron chi connectivity index (χ3n) is 5.47. The number of nitrogens with one attached hydrogen (secondary N) is 2. The fraction of sp³-hybridized carbons (Fsp3) is 0.0741. The molecule has 3 aromatic rings. The van der Waals surface area contributed by atoms with Gasteiger partial charge >= 0.3 is 5.97 Å². The number of anilines is 1. The van der Waals surface area contributed by atoms with Gasteiger partial charge < -0.3 is 10.1 Å². The molecule has 5 rings (SSSR count). The molecule has 0 spiro atoms. The molecule has 2 heterocycles. The number of fused-ring (bicyclic) bond motifs is 1. The topological polar surface area (TPSA) is 109 Å². The van der Waals surface area contributed by atoms with E-state index in [4.69, 9.17) is 4.74 Å². The summed E-state index contributed by atoms with van der Waals surface area (Å²) in [6, 6.07) is 22.1. The van der Waals surface area contributed by atoms with Crippen molar-refractivity contribution in [2.24, 2.45) is 10.2 Å². The number of para-hydroxylation sites is 1. The highest BCUT2D eigenvalue weighted by molar-refractivity contribution is 8.18. The van der Waals surface area contributed by atoms with Crippen LogP contribution in [0.5, 0.6) is 0 Å². The van der Waals surface area contributed by atoms with Crippen molar-refractivity contribution in [3.05, 3.63) is 94.4 Å². The maximum Gasteiger partial charge on any atom is 0.338 e. The van der Waals surface area contributed by atoms with Crippen molar-refractivity contribution in [3.8, 4) is 11.1 Å². The average molecular weight is 497 g/mol.